The molecule has 1 aromatic carbocycles. The molecule has 0 spiro atoms. The predicted molar refractivity (Wildman–Crippen MR) is 80.7 cm³/mol. The summed E-state index contributed by atoms with van der Waals surface area (Å²) in [6.45, 7) is 5.80. The van der Waals surface area contributed by atoms with Gasteiger partial charge in [0.25, 0.3) is 0 Å². The number of halogens is 1. The predicted octanol–water partition coefficient (Wildman–Crippen LogP) is 3.78. The zero-order chi connectivity index (χ0) is 14.6. The molecular weight excluding hydrogens is 273 g/mol. The van der Waals surface area contributed by atoms with E-state index in [0.29, 0.717) is 0 Å². The van der Waals surface area contributed by atoms with E-state index in [4.69, 9.17) is 0 Å². The Morgan fingerprint density at radius 3 is 2.25 bits per heavy atom. The summed E-state index contributed by atoms with van der Waals surface area (Å²) in [5.74, 6) is -0.183. The number of rotatable bonds is 3. The Hall–Kier alpha value is -0.870. The molecule has 0 radical (unpaired) electrons. The van der Waals surface area contributed by atoms with Crippen molar-refractivity contribution in [1.82, 2.24) is 0 Å². The van der Waals surface area contributed by atoms with Gasteiger partial charge in [0, 0.05) is 5.41 Å². The second-order valence-electron chi connectivity index (χ2n) is 7.28. The van der Waals surface area contributed by atoms with Gasteiger partial charge in [-0.25, -0.2) is 4.39 Å². The molecule has 20 heavy (non-hydrogen) atoms. The first kappa shape index (κ1) is 14.1. The SMILES string of the molecule is CC(C)(C)[S+]([O-])N=CC12CC(c3ccc(F)cc3)(C1)C2. The summed E-state index contributed by atoms with van der Waals surface area (Å²) < 4.78 is 28.8. The van der Waals surface area contributed by atoms with Crippen LogP contribution in [0, 0.1) is 11.2 Å². The van der Waals surface area contributed by atoms with Gasteiger partial charge in [-0.2, -0.15) is 0 Å². The van der Waals surface area contributed by atoms with E-state index in [1.807, 2.05) is 39.1 Å². The summed E-state index contributed by atoms with van der Waals surface area (Å²) in [6.07, 6.45) is 5.07. The van der Waals surface area contributed by atoms with E-state index in [1.54, 1.807) is 0 Å². The monoisotopic (exact) mass is 293 g/mol. The molecule has 0 saturated heterocycles. The number of benzene rings is 1. The van der Waals surface area contributed by atoms with Crippen LogP contribution in [0.1, 0.15) is 45.6 Å². The van der Waals surface area contributed by atoms with E-state index in [9.17, 15) is 8.94 Å². The lowest BCUT2D eigenvalue weighted by atomic mass is 9.34. The molecule has 0 N–H and O–H groups in total. The van der Waals surface area contributed by atoms with Crippen molar-refractivity contribution in [3.63, 3.8) is 0 Å². The summed E-state index contributed by atoms with van der Waals surface area (Å²) in [7, 11) is 0. The first-order chi connectivity index (χ1) is 9.25. The van der Waals surface area contributed by atoms with Crippen LogP contribution in [0.4, 0.5) is 4.39 Å². The van der Waals surface area contributed by atoms with Gasteiger partial charge in [-0.1, -0.05) is 16.5 Å². The first-order valence-corrected chi connectivity index (χ1v) is 8.09. The Kier molecular flexibility index (Phi) is 3.04. The average molecular weight is 293 g/mol. The van der Waals surface area contributed by atoms with Crippen LogP contribution >= 0.6 is 0 Å². The summed E-state index contributed by atoms with van der Waals surface area (Å²) in [5.41, 5.74) is 1.60. The molecule has 3 aliphatic carbocycles. The molecule has 0 amide bonds. The number of hydrogen-bond donors (Lipinski definition) is 0. The third-order valence-electron chi connectivity index (χ3n) is 4.47. The molecule has 4 rings (SSSR count). The Labute approximate surface area is 122 Å². The molecule has 1 aromatic rings. The molecule has 2 nitrogen and oxygen atoms in total. The molecule has 1 unspecified atom stereocenters. The standard InChI is InChI=1S/C16H20FNOS/c1-14(2,3)20(19)18-11-15-8-16(9-15,10-15)12-4-6-13(17)7-5-12/h4-7,11H,8-10H2,1-3H3. The minimum atomic E-state index is -1.17. The zero-order valence-electron chi connectivity index (χ0n) is 12.1. The summed E-state index contributed by atoms with van der Waals surface area (Å²) in [4.78, 5) is 0. The average Bonchev–Trinajstić information content (AvgIpc) is 2.26. The van der Waals surface area contributed by atoms with Crippen molar-refractivity contribution < 1.29 is 8.94 Å². The molecule has 0 heterocycles. The maximum atomic E-state index is 13.0. The molecule has 2 bridgehead atoms. The van der Waals surface area contributed by atoms with Gasteiger partial charge in [-0.15, -0.1) is 0 Å². The highest BCUT2D eigenvalue weighted by molar-refractivity contribution is 7.91. The van der Waals surface area contributed by atoms with Crippen molar-refractivity contribution in [3.05, 3.63) is 35.6 Å². The van der Waals surface area contributed by atoms with Crippen LogP contribution in [0.25, 0.3) is 0 Å². The molecule has 3 aliphatic rings. The van der Waals surface area contributed by atoms with Crippen molar-refractivity contribution >= 4 is 17.6 Å². The Bertz CT molecular complexity index is 527. The fourth-order valence-corrected chi connectivity index (χ4v) is 4.07. The van der Waals surface area contributed by atoms with Gasteiger partial charge in [0.1, 0.15) is 21.9 Å². The summed E-state index contributed by atoms with van der Waals surface area (Å²) >= 11 is -1.17. The van der Waals surface area contributed by atoms with Gasteiger partial charge in [0.2, 0.25) is 0 Å². The topological polar surface area (TPSA) is 35.4 Å². The minimum absolute atomic E-state index is 0.148. The summed E-state index contributed by atoms with van der Waals surface area (Å²) in [6, 6.07) is 6.85. The highest BCUT2D eigenvalue weighted by atomic mass is 32.2. The van der Waals surface area contributed by atoms with Gasteiger partial charge >= 0.3 is 0 Å². The lowest BCUT2D eigenvalue weighted by Gasteiger charge is -2.69. The van der Waals surface area contributed by atoms with Crippen LogP contribution in [0.5, 0.6) is 0 Å². The van der Waals surface area contributed by atoms with E-state index >= 15 is 0 Å². The van der Waals surface area contributed by atoms with Crippen LogP contribution in [0.15, 0.2) is 28.7 Å². The molecule has 4 heteroatoms. The first-order valence-electron chi connectivity index (χ1n) is 6.98. The number of hydrogen-bond acceptors (Lipinski definition) is 2. The van der Waals surface area contributed by atoms with Gasteiger partial charge in [0.05, 0.1) is 6.21 Å². The molecule has 3 saturated carbocycles. The molecule has 108 valence electrons. The molecule has 0 aliphatic heterocycles. The zero-order valence-corrected chi connectivity index (χ0v) is 13.0. The molecule has 1 atom stereocenters. The fourth-order valence-electron chi connectivity index (χ4n) is 3.43. The van der Waals surface area contributed by atoms with Crippen LogP contribution in [0.2, 0.25) is 0 Å². The van der Waals surface area contributed by atoms with Crippen molar-refractivity contribution in [2.24, 2.45) is 9.81 Å². The lowest BCUT2D eigenvalue weighted by Crippen LogP contribution is -2.65. The highest BCUT2D eigenvalue weighted by Gasteiger charge is 2.67. The lowest BCUT2D eigenvalue weighted by molar-refractivity contribution is -0.0776. The molecular formula is C16H20FNOS. The Balaban J connectivity index is 1.64. The third-order valence-corrected chi connectivity index (χ3v) is 5.82. The second-order valence-corrected chi connectivity index (χ2v) is 9.21. The van der Waals surface area contributed by atoms with Crippen molar-refractivity contribution in [3.8, 4) is 0 Å². The third kappa shape index (κ3) is 2.19. The maximum absolute atomic E-state index is 13.0. The van der Waals surface area contributed by atoms with E-state index in [-0.39, 0.29) is 21.4 Å². The largest absolute Gasteiger partial charge is 0.591 e. The minimum Gasteiger partial charge on any atom is -0.591 e. The van der Waals surface area contributed by atoms with Crippen LogP contribution in [-0.4, -0.2) is 15.5 Å². The quantitative estimate of drug-likeness (QED) is 0.617. The summed E-state index contributed by atoms with van der Waals surface area (Å²) in [5, 5.41) is 0. The van der Waals surface area contributed by atoms with Gasteiger partial charge in [-0.3, -0.25) is 0 Å². The highest BCUT2D eigenvalue weighted by Crippen LogP contribution is 2.72. The van der Waals surface area contributed by atoms with Crippen molar-refractivity contribution in [2.75, 3.05) is 0 Å². The van der Waals surface area contributed by atoms with Gasteiger partial charge in [0.15, 0.2) is 0 Å². The smallest absolute Gasteiger partial charge is 0.144 e. The van der Waals surface area contributed by atoms with Crippen molar-refractivity contribution in [1.29, 1.82) is 0 Å². The number of nitrogens with zero attached hydrogens (tertiary/aromatic N) is 1. The van der Waals surface area contributed by atoms with E-state index in [2.05, 4.69) is 4.40 Å². The molecule has 0 aromatic heterocycles. The van der Waals surface area contributed by atoms with Crippen molar-refractivity contribution in [2.45, 2.75) is 50.2 Å². The second kappa shape index (κ2) is 4.31. The Morgan fingerprint density at radius 2 is 1.75 bits per heavy atom. The van der Waals surface area contributed by atoms with E-state index < -0.39 is 11.4 Å². The van der Waals surface area contributed by atoms with Crippen LogP contribution in [0.3, 0.4) is 0 Å². The van der Waals surface area contributed by atoms with Crippen LogP contribution in [-0.2, 0) is 16.8 Å². The molecule has 3 fully saturated rings. The van der Waals surface area contributed by atoms with E-state index in [1.165, 1.54) is 17.7 Å². The fraction of sp³-hybridized carbons (Fsp3) is 0.562. The normalized spacial score (nSPS) is 33.6. The maximum Gasteiger partial charge on any atom is 0.144 e. The van der Waals surface area contributed by atoms with Gasteiger partial charge in [-0.05, 0) is 63.1 Å². The van der Waals surface area contributed by atoms with Gasteiger partial charge < -0.3 is 4.55 Å². The Morgan fingerprint density at radius 1 is 1.20 bits per heavy atom. The van der Waals surface area contributed by atoms with Crippen LogP contribution < -0.4 is 0 Å². The van der Waals surface area contributed by atoms with E-state index in [0.717, 1.165) is 19.3 Å².